The predicted octanol–water partition coefficient (Wildman–Crippen LogP) is 5.03. The van der Waals surface area contributed by atoms with Gasteiger partial charge in [0.05, 0.1) is 19.7 Å². The molecule has 0 saturated carbocycles. The number of ether oxygens (including phenoxy) is 2. The van der Waals surface area contributed by atoms with Gasteiger partial charge in [-0.2, -0.15) is 0 Å². The number of aromatic nitrogens is 1. The van der Waals surface area contributed by atoms with Crippen molar-refractivity contribution in [2.75, 3.05) is 20.0 Å². The van der Waals surface area contributed by atoms with Crippen LogP contribution >= 0.6 is 0 Å². The highest BCUT2D eigenvalue weighted by Gasteiger charge is 2.24. The number of nitrogen functional groups attached to an aromatic ring is 1. The second-order valence-corrected chi connectivity index (χ2v) is 8.28. The Kier molecular flexibility index (Phi) is 4.34. The lowest BCUT2D eigenvalue weighted by molar-refractivity contribution is 0.373. The number of benzene rings is 3. The highest BCUT2D eigenvalue weighted by Crippen LogP contribution is 2.44. The SMILES string of the molecule is COc1cc2c(cc1O)oc(=O)c1c2c(-c2cccc(N)c2)c2c3cc(OC)c(O)cc3ccn21. The molecule has 174 valence electrons. The minimum Gasteiger partial charge on any atom is -0.504 e. The molecule has 0 bridgehead atoms. The van der Waals surface area contributed by atoms with Crippen molar-refractivity contribution in [2.24, 2.45) is 0 Å². The standard InChI is InChI=1S/C27H20N2O6/c1-33-21-10-16-13(9-18(21)30)6-7-29-25(16)23(14-4-3-5-15(28)8-14)24-17-11-22(34-2)19(31)12-20(17)35-27(32)26(24)29/h3-12,30-31H,28H2,1-2H3. The Bertz CT molecular complexity index is 1880. The van der Waals surface area contributed by atoms with Crippen molar-refractivity contribution in [3.63, 3.8) is 0 Å². The summed E-state index contributed by atoms with van der Waals surface area (Å²) in [7, 11) is 2.94. The Hall–Kier alpha value is -4.85. The summed E-state index contributed by atoms with van der Waals surface area (Å²) in [6.07, 6.45) is 1.77. The molecule has 3 heterocycles. The van der Waals surface area contributed by atoms with Crippen molar-refractivity contribution in [2.45, 2.75) is 0 Å². The number of phenols is 2. The molecule has 0 atom stereocenters. The molecule has 8 heteroatoms. The second kappa shape index (κ2) is 7.33. The fourth-order valence-corrected chi connectivity index (χ4v) is 4.83. The molecular formula is C27H20N2O6. The number of pyridine rings is 1. The van der Waals surface area contributed by atoms with Crippen LogP contribution in [0.1, 0.15) is 0 Å². The summed E-state index contributed by atoms with van der Waals surface area (Å²) in [6, 6.07) is 15.6. The quantitative estimate of drug-likeness (QED) is 0.246. The van der Waals surface area contributed by atoms with Crippen molar-refractivity contribution < 1.29 is 24.1 Å². The summed E-state index contributed by atoms with van der Waals surface area (Å²) in [5.74, 6) is 0.425. The van der Waals surface area contributed by atoms with E-state index in [0.717, 1.165) is 21.9 Å². The van der Waals surface area contributed by atoms with Crippen molar-refractivity contribution in [3.8, 4) is 34.1 Å². The number of phenolic OH excluding ortho intramolecular Hbond substituents is 2. The molecule has 6 aromatic rings. The largest absolute Gasteiger partial charge is 0.504 e. The monoisotopic (exact) mass is 468 g/mol. The predicted molar refractivity (Wildman–Crippen MR) is 135 cm³/mol. The number of rotatable bonds is 3. The van der Waals surface area contributed by atoms with Crippen molar-refractivity contribution in [3.05, 3.63) is 71.2 Å². The number of nitrogens with zero attached hydrogens (tertiary/aromatic N) is 1. The lowest BCUT2D eigenvalue weighted by atomic mass is 9.98. The van der Waals surface area contributed by atoms with Crippen LogP contribution < -0.4 is 20.8 Å². The van der Waals surface area contributed by atoms with E-state index in [9.17, 15) is 15.0 Å². The van der Waals surface area contributed by atoms with E-state index in [1.165, 1.54) is 20.3 Å². The normalized spacial score (nSPS) is 11.6. The van der Waals surface area contributed by atoms with E-state index in [4.69, 9.17) is 19.6 Å². The molecule has 35 heavy (non-hydrogen) atoms. The van der Waals surface area contributed by atoms with Gasteiger partial charge in [0.1, 0.15) is 11.1 Å². The van der Waals surface area contributed by atoms with Gasteiger partial charge in [0.2, 0.25) is 0 Å². The summed E-state index contributed by atoms with van der Waals surface area (Å²) in [6.45, 7) is 0. The van der Waals surface area contributed by atoms with Gasteiger partial charge < -0.3 is 34.2 Å². The summed E-state index contributed by atoms with van der Waals surface area (Å²) < 4.78 is 18.1. The van der Waals surface area contributed by atoms with Gasteiger partial charge >= 0.3 is 5.63 Å². The van der Waals surface area contributed by atoms with Gasteiger partial charge in [-0.1, -0.05) is 12.1 Å². The highest BCUT2D eigenvalue weighted by molar-refractivity contribution is 6.21. The van der Waals surface area contributed by atoms with E-state index in [0.29, 0.717) is 33.2 Å². The molecule has 0 radical (unpaired) electrons. The van der Waals surface area contributed by atoms with Crippen LogP contribution in [0.25, 0.3) is 49.3 Å². The molecule has 0 spiro atoms. The summed E-state index contributed by atoms with van der Waals surface area (Å²) in [4.78, 5) is 13.3. The smallest absolute Gasteiger partial charge is 0.361 e. The molecule has 6 rings (SSSR count). The summed E-state index contributed by atoms with van der Waals surface area (Å²) in [5, 5.41) is 23.4. The van der Waals surface area contributed by atoms with Crippen molar-refractivity contribution in [1.82, 2.24) is 4.40 Å². The molecule has 0 aliphatic carbocycles. The molecule has 0 amide bonds. The van der Waals surface area contributed by atoms with Gasteiger partial charge in [0, 0.05) is 39.7 Å². The van der Waals surface area contributed by atoms with E-state index in [1.807, 2.05) is 24.3 Å². The number of nitrogens with two attached hydrogens (primary N) is 1. The molecule has 4 N–H and O–H groups in total. The molecule has 0 aliphatic rings. The first-order valence-corrected chi connectivity index (χ1v) is 10.8. The molecule has 8 nitrogen and oxygen atoms in total. The van der Waals surface area contributed by atoms with E-state index in [2.05, 4.69) is 0 Å². The number of methoxy groups -OCH3 is 2. The number of hydrogen-bond donors (Lipinski definition) is 3. The maximum atomic E-state index is 13.3. The van der Waals surface area contributed by atoms with Crippen LogP contribution in [-0.2, 0) is 0 Å². The second-order valence-electron chi connectivity index (χ2n) is 8.28. The first-order valence-electron chi connectivity index (χ1n) is 10.8. The van der Waals surface area contributed by atoms with Gasteiger partial charge in [-0.15, -0.1) is 0 Å². The van der Waals surface area contributed by atoms with E-state index >= 15 is 0 Å². The molecule has 3 aromatic heterocycles. The fraction of sp³-hybridized carbons (Fsp3) is 0.0741. The van der Waals surface area contributed by atoms with Crippen molar-refractivity contribution in [1.29, 1.82) is 0 Å². The molecule has 0 aliphatic heterocycles. The maximum absolute atomic E-state index is 13.3. The molecule has 3 aromatic carbocycles. The Morgan fingerprint density at radius 2 is 1.60 bits per heavy atom. The Morgan fingerprint density at radius 3 is 2.31 bits per heavy atom. The van der Waals surface area contributed by atoms with Crippen LogP contribution in [-0.4, -0.2) is 28.8 Å². The third-order valence-corrected chi connectivity index (χ3v) is 6.34. The van der Waals surface area contributed by atoms with Crippen molar-refractivity contribution >= 4 is 43.8 Å². The minimum atomic E-state index is -0.563. The fourth-order valence-electron chi connectivity index (χ4n) is 4.83. The lowest BCUT2D eigenvalue weighted by Crippen LogP contribution is -2.02. The van der Waals surface area contributed by atoms with Crippen LogP contribution in [0.5, 0.6) is 23.0 Å². The van der Waals surface area contributed by atoms with Crippen LogP contribution in [0.15, 0.2) is 70.0 Å². The first kappa shape index (κ1) is 20.7. The third-order valence-electron chi connectivity index (χ3n) is 6.34. The van der Waals surface area contributed by atoms with E-state index < -0.39 is 5.63 Å². The Labute approximate surface area is 198 Å². The zero-order valence-electron chi connectivity index (χ0n) is 18.8. The van der Waals surface area contributed by atoms with Crippen LogP contribution in [0.4, 0.5) is 5.69 Å². The zero-order valence-corrected chi connectivity index (χ0v) is 18.8. The average molecular weight is 468 g/mol. The molecule has 0 fully saturated rings. The average Bonchev–Trinajstić information content (AvgIpc) is 3.19. The highest BCUT2D eigenvalue weighted by atomic mass is 16.5. The summed E-state index contributed by atoms with van der Waals surface area (Å²) >= 11 is 0. The van der Waals surface area contributed by atoms with Gasteiger partial charge in [-0.05, 0) is 47.3 Å². The van der Waals surface area contributed by atoms with Gasteiger partial charge in [0.15, 0.2) is 23.0 Å². The first-order chi connectivity index (χ1) is 16.9. The Balaban J connectivity index is 1.96. The number of fused-ring (bicyclic) bond motifs is 7. The maximum Gasteiger partial charge on any atom is 0.361 e. The van der Waals surface area contributed by atoms with E-state index in [-0.39, 0.29) is 22.8 Å². The zero-order chi connectivity index (χ0) is 24.4. The number of aromatic hydroxyl groups is 2. The molecular weight excluding hydrogens is 448 g/mol. The molecule has 0 unspecified atom stereocenters. The third kappa shape index (κ3) is 2.90. The van der Waals surface area contributed by atoms with E-state index in [1.54, 1.807) is 34.9 Å². The summed E-state index contributed by atoms with van der Waals surface area (Å²) in [5.41, 5.74) is 8.95. The van der Waals surface area contributed by atoms with Crippen LogP contribution in [0.3, 0.4) is 0 Å². The van der Waals surface area contributed by atoms with Gasteiger partial charge in [-0.25, -0.2) is 4.79 Å². The van der Waals surface area contributed by atoms with Crippen LogP contribution in [0, 0.1) is 0 Å². The van der Waals surface area contributed by atoms with Crippen LogP contribution in [0.2, 0.25) is 0 Å². The Morgan fingerprint density at radius 1 is 0.886 bits per heavy atom. The number of hydrogen-bond acceptors (Lipinski definition) is 7. The lowest BCUT2D eigenvalue weighted by Gasteiger charge is -2.10. The van der Waals surface area contributed by atoms with Gasteiger partial charge in [-0.3, -0.25) is 0 Å². The van der Waals surface area contributed by atoms with Gasteiger partial charge in [0.25, 0.3) is 0 Å². The topological polar surface area (TPSA) is 120 Å². The minimum absolute atomic E-state index is 0.0103. The number of anilines is 1. The molecule has 0 saturated heterocycles.